The van der Waals surface area contributed by atoms with Crippen LogP contribution in [0.2, 0.25) is 5.02 Å². The lowest BCUT2D eigenvalue weighted by molar-refractivity contribution is -0.116. The van der Waals surface area contributed by atoms with Crippen molar-refractivity contribution in [1.29, 1.82) is 0 Å². The molecule has 1 atom stereocenters. The zero-order chi connectivity index (χ0) is 18.8. The Hall–Kier alpha value is -1.79. The predicted octanol–water partition coefficient (Wildman–Crippen LogP) is 2.71. The highest BCUT2D eigenvalue weighted by Crippen LogP contribution is 2.15. The summed E-state index contributed by atoms with van der Waals surface area (Å²) < 4.78 is 0. The van der Waals surface area contributed by atoms with E-state index in [0.717, 1.165) is 31.2 Å². The second-order valence-electron chi connectivity index (χ2n) is 6.46. The topological polar surface area (TPSA) is 68.8 Å². The van der Waals surface area contributed by atoms with Crippen LogP contribution >= 0.6 is 11.6 Å². The van der Waals surface area contributed by atoms with Crippen molar-refractivity contribution in [2.75, 3.05) is 38.5 Å². The number of likely N-dealkylation sites (tertiary alicyclic amines) is 1. The van der Waals surface area contributed by atoms with Gasteiger partial charge < -0.3 is 16.0 Å². The van der Waals surface area contributed by atoms with E-state index in [1.807, 2.05) is 0 Å². The number of hydrogen-bond donors (Lipinski definition) is 3. The van der Waals surface area contributed by atoms with Gasteiger partial charge in [0.25, 0.3) is 0 Å². The summed E-state index contributed by atoms with van der Waals surface area (Å²) in [6.45, 7) is 6.11. The van der Waals surface area contributed by atoms with E-state index in [0.29, 0.717) is 24.0 Å². The average molecular weight is 380 g/mol. The van der Waals surface area contributed by atoms with E-state index in [4.69, 9.17) is 11.6 Å². The van der Waals surface area contributed by atoms with Crippen LogP contribution in [0.5, 0.6) is 0 Å². The highest BCUT2D eigenvalue weighted by Gasteiger charge is 2.22. The Morgan fingerprint density at radius 2 is 2.08 bits per heavy atom. The van der Waals surface area contributed by atoms with Crippen molar-refractivity contribution in [3.8, 4) is 0 Å². The normalized spacial score (nSPS) is 18.0. The Balaban J connectivity index is 1.61. The van der Waals surface area contributed by atoms with Gasteiger partial charge in [-0.05, 0) is 56.6 Å². The maximum atomic E-state index is 12.0. The molecule has 1 heterocycles. The molecule has 26 heavy (non-hydrogen) atoms. The summed E-state index contributed by atoms with van der Waals surface area (Å²) in [5, 5.41) is 10.2. The highest BCUT2D eigenvalue weighted by molar-refractivity contribution is 6.30. The van der Waals surface area contributed by atoms with Crippen molar-refractivity contribution in [3.05, 3.63) is 29.3 Å². The van der Waals surface area contributed by atoms with Crippen LogP contribution in [-0.4, -0.2) is 56.0 Å². The molecule has 1 aromatic carbocycles. The molecule has 0 aliphatic carbocycles. The Kier molecular flexibility index (Phi) is 8.71. The first-order chi connectivity index (χ1) is 12.6. The van der Waals surface area contributed by atoms with Crippen LogP contribution in [0, 0.1) is 0 Å². The molecule has 3 N–H and O–H groups in total. The lowest BCUT2D eigenvalue weighted by Crippen LogP contribution is -2.45. The van der Waals surface area contributed by atoms with Crippen LogP contribution in [0.4, 0.5) is 5.69 Å². The first kappa shape index (κ1) is 20.5. The summed E-state index contributed by atoms with van der Waals surface area (Å²) in [6, 6.07) is 7.71. The number of guanidine groups is 1. The van der Waals surface area contributed by atoms with Crippen molar-refractivity contribution in [2.45, 2.75) is 38.6 Å². The number of rotatable bonds is 8. The van der Waals surface area contributed by atoms with Crippen molar-refractivity contribution in [3.63, 3.8) is 0 Å². The van der Waals surface area contributed by atoms with Crippen LogP contribution in [0.3, 0.4) is 0 Å². The number of carbonyl (C=O) groups is 1. The third-order valence-corrected chi connectivity index (χ3v) is 4.89. The summed E-state index contributed by atoms with van der Waals surface area (Å²) in [5.74, 6) is 0.799. The maximum Gasteiger partial charge on any atom is 0.224 e. The smallest absolute Gasteiger partial charge is 0.224 e. The zero-order valence-electron chi connectivity index (χ0n) is 15.7. The number of nitrogens with zero attached hydrogens (tertiary/aromatic N) is 2. The molecule has 2 rings (SSSR count). The molecule has 1 fully saturated rings. The fourth-order valence-electron chi connectivity index (χ4n) is 3.19. The van der Waals surface area contributed by atoms with Crippen LogP contribution in [0.15, 0.2) is 29.3 Å². The number of aliphatic imine (C=N–C) groups is 1. The van der Waals surface area contributed by atoms with E-state index in [9.17, 15) is 4.79 Å². The Bertz CT molecular complexity index is 590. The van der Waals surface area contributed by atoms with E-state index in [2.05, 4.69) is 32.8 Å². The fraction of sp³-hybridized carbons (Fsp3) is 0.579. The second kappa shape index (κ2) is 11.0. The summed E-state index contributed by atoms with van der Waals surface area (Å²) in [6.07, 6.45) is 3.71. The molecule has 1 saturated heterocycles. The molecule has 6 nitrogen and oxygen atoms in total. The standard InChI is InChI=1S/C19H30ClN5O/c1-3-25-13-5-6-17(25)14-23-19(21-2)22-12-4-7-18(26)24-16-10-8-15(20)9-11-16/h8-11,17H,3-7,12-14H2,1-2H3,(H,24,26)(H2,21,22,23). The number of amides is 1. The van der Waals surface area contributed by atoms with Gasteiger partial charge in [-0.25, -0.2) is 0 Å². The Morgan fingerprint density at radius 3 is 2.77 bits per heavy atom. The van der Waals surface area contributed by atoms with Crippen LogP contribution in [0.1, 0.15) is 32.6 Å². The molecular weight excluding hydrogens is 350 g/mol. The van der Waals surface area contributed by atoms with Gasteiger partial charge in [-0.3, -0.25) is 14.7 Å². The first-order valence-electron chi connectivity index (χ1n) is 9.36. The van der Waals surface area contributed by atoms with Crippen molar-refractivity contribution in [2.24, 2.45) is 4.99 Å². The van der Waals surface area contributed by atoms with Crippen molar-refractivity contribution < 1.29 is 4.79 Å². The largest absolute Gasteiger partial charge is 0.356 e. The van der Waals surface area contributed by atoms with Gasteiger partial charge >= 0.3 is 0 Å². The van der Waals surface area contributed by atoms with Crippen LogP contribution < -0.4 is 16.0 Å². The van der Waals surface area contributed by atoms with E-state index in [-0.39, 0.29) is 5.91 Å². The van der Waals surface area contributed by atoms with E-state index in [1.165, 1.54) is 19.4 Å². The molecule has 0 bridgehead atoms. The van der Waals surface area contributed by atoms with Gasteiger partial charge in [0.05, 0.1) is 0 Å². The monoisotopic (exact) mass is 379 g/mol. The van der Waals surface area contributed by atoms with Gasteiger partial charge in [-0.2, -0.15) is 0 Å². The first-order valence-corrected chi connectivity index (χ1v) is 9.74. The summed E-state index contributed by atoms with van der Waals surface area (Å²) >= 11 is 5.84. The molecule has 0 aromatic heterocycles. The number of nitrogens with one attached hydrogen (secondary N) is 3. The third kappa shape index (κ3) is 6.84. The quantitative estimate of drug-likeness (QED) is 0.369. The lowest BCUT2D eigenvalue weighted by Gasteiger charge is -2.23. The summed E-state index contributed by atoms with van der Waals surface area (Å²) in [4.78, 5) is 18.7. The van der Waals surface area contributed by atoms with Gasteiger partial charge in [0.1, 0.15) is 0 Å². The molecule has 1 aliphatic rings. The lowest BCUT2D eigenvalue weighted by atomic mass is 10.2. The predicted molar refractivity (Wildman–Crippen MR) is 109 cm³/mol. The van der Waals surface area contributed by atoms with Crippen LogP contribution in [-0.2, 0) is 4.79 Å². The van der Waals surface area contributed by atoms with Gasteiger partial charge in [-0.15, -0.1) is 0 Å². The minimum Gasteiger partial charge on any atom is -0.356 e. The number of halogens is 1. The van der Waals surface area contributed by atoms with Gasteiger partial charge in [0.15, 0.2) is 5.96 Å². The molecular formula is C19H30ClN5O. The van der Waals surface area contributed by atoms with Gasteiger partial charge in [0.2, 0.25) is 5.91 Å². The van der Waals surface area contributed by atoms with E-state index >= 15 is 0 Å². The maximum absolute atomic E-state index is 12.0. The molecule has 0 radical (unpaired) electrons. The Labute approximate surface area is 161 Å². The molecule has 1 aromatic rings. The number of anilines is 1. The SMILES string of the molecule is CCN1CCCC1CNC(=NC)NCCCC(=O)Nc1ccc(Cl)cc1. The molecule has 1 unspecified atom stereocenters. The summed E-state index contributed by atoms with van der Waals surface area (Å²) in [5.41, 5.74) is 0.766. The molecule has 7 heteroatoms. The second-order valence-corrected chi connectivity index (χ2v) is 6.90. The van der Waals surface area contributed by atoms with Crippen LogP contribution in [0.25, 0.3) is 0 Å². The van der Waals surface area contributed by atoms with Gasteiger partial charge in [0, 0.05) is 43.3 Å². The number of carbonyl (C=O) groups excluding carboxylic acids is 1. The summed E-state index contributed by atoms with van der Waals surface area (Å²) in [7, 11) is 1.77. The minimum absolute atomic E-state index is 0.00149. The van der Waals surface area contributed by atoms with E-state index in [1.54, 1.807) is 31.3 Å². The number of likely N-dealkylation sites (N-methyl/N-ethyl adjacent to an activating group) is 1. The number of hydrogen-bond acceptors (Lipinski definition) is 3. The molecule has 0 saturated carbocycles. The van der Waals surface area contributed by atoms with Crippen molar-refractivity contribution in [1.82, 2.24) is 15.5 Å². The molecule has 1 aliphatic heterocycles. The van der Waals surface area contributed by atoms with Gasteiger partial charge in [-0.1, -0.05) is 18.5 Å². The molecule has 144 valence electrons. The van der Waals surface area contributed by atoms with Crippen molar-refractivity contribution >= 4 is 29.2 Å². The molecule has 0 spiro atoms. The minimum atomic E-state index is 0.00149. The zero-order valence-corrected chi connectivity index (χ0v) is 16.5. The third-order valence-electron chi connectivity index (χ3n) is 4.64. The Morgan fingerprint density at radius 1 is 1.31 bits per heavy atom. The average Bonchev–Trinajstić information content (AvgIpc) is 3.10. The number of benzene rings is 1. The highest BCUT2D eigenvalue weighted by atomic mass is 35.5. The van der Waals surface area contributed by atoms with E-state index < -0.39 is 0 Å². The fourth-order valence-corrected chi connectivity index (χ4v) is 3.32. The molecule has 1 amide bonds.